The molecular weight excluding hydrogens is 284 g/mol. The number of nitrogens with zero attached hydrogens (tertiary/aromatic N) is 1. The first kappa shape index (κ1) is 14.6. The third-order valence-corrected chi connectivity index (χ3v) is 5.02. The van der Waals surface area contributed by atoms with Crippen LogP contribution in [-0.4, -0.2) is 38.0 Å². The minimum atomic E-state index is -2.89. The second-order valence-electron chi connectivity index (χ2n) is 4.71. The van der Waals surface area contributed by atoms with Crippen molar-refractivity contribution in [1.82, 2.24) is 0 Å². The summed E-state index contributed by atoms with van der Waals surface area (Å²) in [6.07, 6.45) is 1.09. The largest absolute Gasteiger partial charge is 0.490 e. The Kier molecular flexibility index (Phi) is 4.12. The zero-order valence-corrected chi connectivity index (χ0v) is 11.9. The van der Waals surface area contributed by atoms with Crippen molar-refractivity contribution in [2.24, 2.45) is 0 Å². The second-order valence-corrected chi connectivity index (χ2v) is 7.02. The molecule has 0 spiro atoms. The number of nitro benzene ring substituents is 1. The molecule has 8 heteroatoms. The molecule has 0 saturated carbocycles. The summed E-state index contributed by atoms with van der Waals surface area (Å²) in [7, 11) is -1.52. The van der Waals surface area contributed by atoms with Gasteiger partial charge in [-0.15, -0.1) is 0 Å². The number of methoxy groups -OCH3 is 1. The molecule has 0 unspecified atom stereocenters. The van der Waals surface area contributed by atoms with Gasteiger partial charge in [0.15, 0.2) is 5.75 Å². The molecule has 0 radical (unpaired) electrons. The van der Waals surface area contributed by atoms with Gasteiger partial charge in [-0.3, -0.25) is 10.1 Å². The highest BCUT2D eigenvalue weighted by Crippen LogP contribution is 2.30. The zero-order chi connectivity index (χ0) is 14.8. The van der Waals surface area contributed by atoms with Gasteiger partial charge in [-0.25, -0.2) is 8.42 Å². The van der Waals surface area contributed by atoms with Gasteiger partial charge in [0.25, 0.3) is 0 Å². The van der Waals surface area contributed by atoms with E-state index in [4.69, 9.17) is 4.74 Å². The van der Waals surface area contributed by atoms with Crippen LogP contribution >= 0.6 is 0 Å². The van der Waals surface area contributed by atoms with E-state index in [2.05, 4.69) is 5.32 Å². The topological polar surface area (TPSA) is 98.5 Å². The number of hydrogen-bond donors (Lipinski definition) is 1. The van der Waals surface area contributed by atoms with E-state index in [1.165, 1.54) is 13.2 Å². The Bertz CT molecular complexity index is 600. The van der Waals surface area contributed by atoms with E-state index in [1.54, 1.807) is 12.1 Å². The Morgan fingerprint density at radius 3 is 2.55 bits per heavy atom. The van der Waals surface area contributed by atoms with Gasteiger partial charge >= 0.3 is 5.69 Å². The maximum absolute atomic E-state index is 11.3. The molecule has 1 aromatic carbocycles. The maximum atomic E-state index is 11.3. The lowest BCUT2D eigenvalue weighted by Crippen LogP contribution is -2.32. The molecular formula is C12H16N2O5S. The van der Waals surface area contributed by atoms with E-state index in [1.807, 2.05) is 0 Å². The number of sulfone groups is 1. The minimum absolute atomic E-state index is 0.0599. The molecule has 20 heavy (non-hydrogen) atoms. The molecule has 1 saturated heterocycles. The van der Waals surface area contributed by atoms with Crippen molar-refractivity contribution in [1.29, 1.82) is 0 Å². The maximum Gasteiger partial charge on any atom is 0.311 e. The molecule has 0 bridgehead atoms. The van der Waals surface area contributed by atoms with Gasteiger partial charge in [0, 0.05) is 23.9 Å². The summed E-state index contributed by atoms with van der Waals surface area (Å²) < 4.78 is 27.7. The number of nitro groups is 1. The molecule has 2 rings (SSSR count). The van der Waals surface area contributed by atoms with Crippen molar-refractivity contribution >= 4 is 21.2 Å². The van der Waals surface area contributed by atoms with Crippen LogP contribution in [0.25, 0.3) is 0 Å². The molecule has 0 aliphatic carbocycles. The lowest BCUT2D eigenvalue weighted by molar-refractivity contribution is -0.385. The second kappa shape index (κ2) is 5.66. The molecule has 1 aliphatic rings. The van der Waals surface area contributed by atoms with Crippen LogP contribution in [0.3, 0.4) is 0 Å². The summed E-state index contributed by atoms with van der Waals surface area (Å²) in [5, 5.41) is 14.0. The predicted molar refractivity (Wildman–Crippen MR) is 74.9 cm³/mol. The molecule has 110 valence electrons. The van der Waals surface area contributed by atoms with Crippen LogP contribution in [0.5, 0.6) is 5.75 Å². The highest BCUT2D eigenvalue weighted by molar-refractivity contribution is 7.91. The molecule has 0 atom stereocenters. The van der Waals surface area contributed by atoms with E-state index in [-0.39, 0.29) is 29.0 Å². The Morgan fingerprint density at radius 2 is 2.00 bits per heavy atom. The van der Waals surface area contributed by atoms with Gasteiger partial charge in [0.05, 0.1) is 23.5 Å². The molecule has 7 nitrogen and oxygen atoms in total. The Hall–Kier alpha value is -1.83. The van der Waals surface area contributed by atoms with Gasteiger partial charge in [0.2, 0.25) is 0 Å². The highest BCUT2D eigenvalue weighted by Gasteiger charge is 2.24. The van der Waals surface area contributed by atoms with Crippen molar-refractivity contribution < 1.29 is 18.1 Å². The standard InChI is InChI=1S/C12H16N2O5S/c1-19-12-8-10(2-3-11(12)14(15)16)13-9-4-6-20(17,18)7-5-9/h2-3,8-9,13H,4-7H2,1H3. The van der Waals surface area contributed by atoms with Crippen LogP contribution in [0.15, 0.2) is 18.2 Å². The summed E-state index contributed by atoms with van der Waals surface area (Å²) in [5.41, 5.74) is 0.598. The highest BCUT2D eigenvalue weighted by atomic mass is 32.2. The molecule has 1 fully saturated rings. The van der Waals surface area contributed by atoms with Crippen LogP contribution in [0.2, 0.25) is 0 Å². The van der Waals surface area contributed by atoms with Crippen LogP contribution < -0.4 is 10.1 Å². The van der Waals surface area contributed by atoms with Crippen LogP contribution in [0.1, 0.15) is 12.8 Å². The van der Waals surface area contributed by atoms with Crippen molar-refractivity contribution in [3.8, 4) is 5.75 Å². The van der Waals surface area contributed by atoms with E-state index >= 15 is 0 Å². The molecule has 0 aromatic heterocycles. The van der Waals surface area contributed by atoms with E-state index < -0.39 is 14.8 Å². The SMILES string of the molecule is COc1cc(NC2CCS(=O)(=O)CC2)ccc1[N+](=O)[O-]. The summed E-state index contributed by atoms with van der Waals surface area (Å²) in [4.78, 5) is 10.3. The van der Waals surface area contributed by atoms with Gasteiger partial charge in [0.1, 0.15) is 9.84 Å². The third-order valence-electron chi connectivity index (χ3n) is 3.30. The summed E-state index contributed by atoms with van der Waals surface area (Å²) in [6.45, 7) is 0. The average molecular weight is 300 g/mol. The number of anilines is 1. The minimum Gasteiger partial charge on any atom is -0.490 e. The summed E-state index contributed by atoms with van der Waals surface area (Å²) in [6, 6.07) is 4.59. The first-order valence-corrected chi connectivity index (χ1v) is 8.03. The van der Waals surface area contributed by atoms with Crippen LogP contribution in [0, 0.1) is 10.1 Å². The number of benzene rings is 1. The average Bonchev–Trinajstić information content (AvgIpc) is 2.40. The van der Waals surface area contributed by atoms with Crippen molar-refractivity contribution in [3.05, 3.63) is 28.3 Å². The fourth-order valence-electron chi connectivity index (χ4n) is 2.19. The zero-order valence-electron chi connectivity index (χ0n) is 11.0. The Morgan fingerprint density at radius 1 is 1.35 bits per heavy atom. The number of ether oxygens (including phenoxy) is 1. The third kappa shape index (κ3) is 3.38. The Balaban J connectivity index is 2.09. The van der Waals surface area contributed by atoms with Crippen molar-refractivity contribution in [3.63, 3.8) is 0 Å². The monoisotopic (exact) mass is 300 g/mol. The summed E-state index contributed by atoms with van der Waals surface area (Å²) in [5.74, 6) is 0.534. The number of hydrogen-bond acceptors (Lipinski definition) is 6. The lowest BCUT2D eigenvalue weighted by atomic mass is 10.1. The van der Waals surface area contributed by atoms with Crippen molar-refractivity contribution in [2.45, 2.75) is 18.9 Å². The lowest BCUT2D eigenvalue weighted by Gasteiger charge is -2.24. The first-order chi connectivity index (χ1) is 9.41. The van der Waals surface area contributed by atoms with Crippen LogP contribution in [0.4, 0.5) is 11.4 Å². The first-order valence-electron chi connectivity index (χ1n) is 6.21. The fraction of sp³-hybridized carbons (Fsp3) is 0.500. The normalized spacial score (nSPS) is 18.4. The number of rotatable bonds is 4. The number of nitrogens with one attached hydrogen (secondary N) is 1. The molecule has 0 amide bonds. The Labute approximate surface area is 117 Å². The van der Waals surface area contributed by atoms with E-state index in [0.717, 1.165) is 0 Å². The van der Waals surface area contributed by atoms with E-state index in [9.17, 15) is 18.5 Å². The van der Waals surface area contributed by atoms with Crippen molar-refractivity contribution in [2.75, 3.05) is 23.9 Å². The molecule has 1 N–H and O–H groups in total. The molecule has 1 heterocycles. The van der Waals surface area contributed by atoms with Gasteiger partial charge in [-0.05, 0) is 18.9 Å². The molecule has 1 aromatic rings. The van der Waals surface area contributed by atoms with Gasteiger partial charge < -0.3 is 10.1 Å². The predicted octanol–water partition coefficient (Wildman–Crippen LogP) is 1.59. The molecule has 1 aliphatic heterocycles. The van der Waals surface area contributed by atoms with E-state index in [0.29, 0.717) is 18.5 Å². The van der Waals surface area contributed by atoms with Gasteiger partial charge in [-0.2, -0.15) is 0 Å². The smallest absolute Gasteiger partial charge is 0.311 e. The fourth-order valence-corrected chi connectivity index (χ4v) is 3.68. The quantitative estimate of drug-likeness (QED) is 0.669. The summed E-state index contributed by atoms with van der Waals surface area (Å²) >= 11 is 0. The van der Waals surface area contributed by atoms with Crippen LogP contribution in [-0.2, 0) is 9.84 Å². The van der Waals surface area contributed by atoms with Gasteiger partial charge in [-0.1, -0.05) is 0 Å².